The van der Waals surface area contributed by atoms with Crippen LogP contribution in [0.25, 0.3) is 5.57 Å². The molecule has 4 heteroatoms. The number of hydrogen-bond donors (Lipinski definition) is 3. The summed E-state index contributed by atoms with van der Waals surface area (Å²) in [5.41, 5.74) is 1.33. The Morgan fingerprint density at radius 1 is 1.11 bits per heavy atom. The fourth-order valence-electron chi connectivity index (χ4n) is 6.91. The molecule has 3 N–H and O–H groups in total. The maximum absolute atomic E-state index is 10.4. The summed E-state index contributed by atoms with van der Waals surface area (Å²) in [4.78, 5) is 0. The predicted octanol–water partition coefficient (Wildman–Crippen LogP) is 3.87. The van der Waals surface area contributed by atoms with Crippen LogP contribution in [-0.2, 0) is 0 Å². The predicted molar refractivity (Wildman–Crippen MR) is 105 cm³/mol. The largest absolute Gasteiger partial charge is 0.465 e. The molecule has 150 valence electrons. The van der Waals surface area contributed by atoms with Crippen LogP contribution in [0.15, 0.2) is 28.9 Å². The zero-order valence-corrected chi connectivity index (χ0v) is 16.6. The maximum atomic E-state index is 10.4. The Labute approximate surface area is 162 Å². The summed E-state index contributed by atoms with van der Waals surface area (Å²) in [7, 11) is 0. The first-order valence-electron chi connectivity index (χ1n) is 10.6. The molecule has 0 radical (unpaired) electrons. The van der Waals surface area contributed by atoms with E-state index in [-0.39, 0.29) is 42.0 Å². The van der Waals surface area contributed by atoms with Crippen LogP contribution in [-0.4, -0.2) is 34.6 Å². The molecule has 2 fully saturated rings. The van der Waals surface area contributed by atoms with Gasteiger partial charge in [0.2, 0.25) is 0 Å². The van der Waals surface area contributed by atoms with Crippen LogP contribution < -0.4 is 0 Å². The fourth-order valence-corrected chi connectivity index (χ4v) is 6.91. The highest BCUT2D eigenvalue weighted by Crippen LogP contribution is 2.63. The number of hydrogen-bond acceptors (Lipinski definition) is 4. The van der Waals surface area contributed by atoms with Crippen molar-refractivity contribution in [3.05, 3.63) is 30.2 Å². The van der Waals surface area contributed by atoms with Crippen molar-refractivity contribution in [2.75, 3.05) is 13.2 Å². The standard InChI is InChI=1S/C23H34O4/c1-22(9-7-16(26)12-15(22)13-24)19-8-10-23(2)18(17(19)14-25)5-6-20(23)21-4-3-11-27-21/h3-4,6,11,15-19,24-26H,5,7-10,12-14H2,1-2H3/t15-,16+,17?,18?,19?,22+,23?/m1/s1. The van der Waals surface area contributed by atoms with Crippen molar-refractivity contribution < 1.29 is 19.7 Å². The molecule has 3 aliphatic carbocycles. The van der Waals surface area contributed by atoms with Gasteiger partial charge in [-0.3, -0.25) is 0 Å². The zero-order chi connectivity index (χ0) is 19.2. The number of aliphatic hydroxyl groups is 3. The van der Waals surface area contributed by atoms with E-state index in [2.05, 4.69) is 19.9 Å². The van der Waals surface area contributed by atoms with Gasteiger partial charge >= 0.3 is 0 Å². The molecular formula is C23H34O4. The molecule has 1 heterocycles. The second-order valence-electron chi connectivity index (χ2n) is 9.66. The number of rotatable bonds is 4. The number of furan rings is 1. The van der Waals surface area contributed by atoms with Crippen LogP contribution in [0.4, 0.5) is 0 Å². The van der Waals surface area contributed by atoms with E-state index in [0.717, 1.165) is 37.9 Å². The summed E-state index contributed by atoms with van der Waals surface area (Å²) >= 11 is 0. The summed E-state index contributed by atoms with van der Waals surface area (Å²) in [5, 5.41) is 30.6. The van der Waals surface area contributed by atoms with E-state index in [1.807, 2.05) is 12.1 Å². The molecule has 2 saturated carbocycles. The minimum Gasteiger partial charge on any atom is -0.465 e. The lowest BCUT2D eigenvalue weighted by Gasteiger charge is -2.56. The Balaban J connectivity index is 1.62. The Kier molecular flexibility index (Phi) is 5.02. The molecule has 4 rings (SSSR count). The molecule has 7 atom stereocenters. The van der Waals surface area contributed by atoms with Crippen molar-refractivity contribution in [2.24, 2.45) is 34.5 Å². The lowest BCUT2D eigenvalue weighted by molar-refractivity contribution is -0.103. The highest BCUT2D eigenvalue weighted by molar-refractivity contribution is 5.69. The Morgan fingerprint density at radius 2 is 1.93 bits per heavy atom. The highest BCUT2D eigenvalue weighted by Gasteiger charge is 2.56. The van der Waals surface area contributed by atoms with Gasteiger partial charge in [0.25, 0.3) is 0 Å². The van der Waals surface area contributed by atoms with Crippen molar-refractivity contribution in [3.63, 3.8) is 0 Å². The molecule has 1 aromatic rings. The summed E-state index contributed by atoms with van der Waals surface area (Å²) < 4.78 is 5.72. The molecule has 0 amide bonds. The number of allylic oxidation sites excluding steroid dienone is 2. The Morgan fingerprint density at radius 3 is 2.59 bits per heavy atom. The van der Waals surface area contributed by atoms with Gasteiger partial charge < -0.3 is 19.7 Å². The molecule has 4 nitrogen and oxygen atoms in total. The SMILES string of the molecule is CC12CCC([C@@]3(C)CC[C@H](O)C[C@@H]3CO)C(CO)C1CC=C2c1ccco1. The molecule has 0 bridgehead atoms. The minimum atomic E-state index is -0.296. The normalized spacial score (nSPS) is 44.8. The topological polar surface area (TPSA) is 73.8 Å². The van der Waals surface area contributed by atoms with E-state index in [0.29, 0.717) is 18.3 Å². The molecule has 0 spiro atoms. The van der Waals surface area contributed by atoms with Gasteiger partial charge in [-0.15, -0.1) is 0 Å². The van der Waals surface area contributed by atoms with Gasteiger partial charge in [0, 0.05) is 13.2 Å². The average molecular weight is 375 g/mol. The molecular weight excluding hydrogens is 340 g/mol. The van der Waals surface area contributed by atoms with Crippen molar-refractivity contribution in [3.8, 4) is 0 Å². The first-order chi connectivity index (χ1) is 12.9. The van der Waals surface area contributed by atoms with Gasteiger partial charge in [0.15, 0.2) is 0 Å². The lowest BCUT2D eigenvalue weighted by Crippen LogP contribution is -2.52. The summed E-state index contributed by atoms with van der Waals surface area (Å²) in [6.07, 6.45) is 9.31. The molecule has 0 aliphatic heterocycles. The van der Waals surface area contributed by atoms with Crippen molar-refractivity contribution in [1.82, 2.24) is 0 Å². The first-order valence-corrected chi connectivity index (χ1v) is 10.6. The van der Waals surface area contributed by atoms with E-state index < -0.39 is 0 Å². The van der Waals surface area contributed by atoms with Crippen LogP contribution in [0.5, 0.6) is 0 Å². The molecule has 0 saturated heterocycles. The zero-order valence-electron chi connectivity index (χ0n) is 16.6. The third kappa shape index (κ3) is 2.92. The van der Waals surface area contributed by atoms with E-state index in [9.17, 15) is 15.3 Å². The van der Waals surface area contributed by atoms with Gasteiger partial charge in [-0.25, -0.2) is 0 Å². The monoisotopic (exact) mass is 374 g/mol. The molecule has 27 heavy (non-hydrogen) atoms. The van der Waals surface area contributed by atoms with Gasteiger partial charge in [0.05, 0.1) is 12.4 Å². The quantitative estimate of drug-likeness (QED) is 0.748. The van der Waals surface area contributed by atoms with Gasteiger partial charge in [-0.1, -0.05) is 19.9 Å². The Bertz CT molecular complexity index is 681. The Hall–Kier alpha value is -1.10. The summed E-state index contributed by atoms with van der Waals surface area (Å²) in [5.74, 6) is 2.10. The van der Waals surface area contributed by atoms with Crippen LogP contribution in [0.1, 0.15) is 58.1 Å². The first kappa shape index (κ1) is 19.2. The summed E-state index contributed by atoms with van der Waals surface area (Å²) in [6.45, 7) is 4.96. The smallest absolute Gasteiger partial charge is 0.130 e. The second kappa shape index (κ2) is 7.06. The van der Waals surface area contributed by atoms with E-state index in [4.69, 9.17) is 4.42 Å². The highest BCUT2D eigenvalue weighted by atomic mass is 16.3. The molecule has 0 aromatic carbocycles. The lowest BCUT2D eigenvalue weighted by atomic mass is 9.49. The van der Waals surface area contributed by atoms with E-state index in [1.54, 1.807) is 6.26 Å². The molecule has 4 unspecified atom stereocenters. The van der Waals surface area contributed by atoms with E-state index in [1.165, 1.54) is 5.57 Å². The van der Waals surface area contributed by atoms with Crippen molar-refractivity contribution in [1.29, 1.82) is 0 Å². The maximum Gasteiger partial charge on any atom is 0.130 e. The van der Waals surface area contributed by atoms with Gasteiger partial charge in [0.1, 0.15) is 5.76 Å². The summed E-state index contributed by atoms with van der Waals surface area (Å²) in [6, 6.07) is 3.99. The van der Waals surface area contributed by atoms with Crippen molar-refractivity contribution in [2.45, 2.75) is 58.5 Å². The van der Waals surface area contributed by atoms with Gasteiger partial charge in [-0.05, 0) is 90.7 Å². The van der Waals surface area contributed by atoms with Gasteiger partial charge in [-0.2, -0.15) is 0 Å². The fraction of sp³-hybridized carbons (Fsp3) is 0.739. The van der Waals surface area contributed by atoms with Crippen LogP contribution in [0.3, 0.4) is 0 Å². The van der Waals surface area contributed by atoms with Crippen LogP contribution >= 0.6 is 0 Å². The third-order valence-corrected chi connectivity index (χ3v) is 8.59. The van der Waals surface area contributed by atoms with Crippen LogP contribution in [0.2, 0.25) is 0 Å². The second-order valence-corrected chi connectivity index (χ2v) is 9.66. The third-order valence-electron chi connectivity index (χ3n) is 8.59. The van der Waals surface area contributed by atoms with E-state index >= 15 is 0 Å². The molecule has 3 aliphatic rings. The number of fused-ring (bicyclic) bond motifs is 1. The minimum absolute atomic E-state index is 0.0177. The van der Waals surface area contributed by atoms with Crippen molar-refractivity contribution >= 4 is 5.57 Å². The van der Waals surface area contributed by atoms with Crippen LogP contribution in [0, 0.1) is 34.5 Å². The average Bonchev–Trinajstić information content (AvgIpc) is 3.29. The number of aliphatic hydroxyl groups excluding tert-OH is 3. The molecule has 1 aromatic heterocycles.